The molecule has 0 bridgehead atoms. The zero-order valence-electron chi connectivity index (χ0n) is 12.4. The SMILES string of the molecule is NC(=O)c1cnn(Cc2ccc(CN3CCOCC3)cc2)c1. The maximum Gasteiger partial charge on any atom is 0.251 e. The van der Waals surface area contributed by atoms with Gasteiger partial charge in [-0.2, -0.15) is 5.10 Å². The third-order valence-corrected chi connectivity index (χ3v) is 3.80. The fourth-order valence-corrected chi connectivity index (χ4v) is 2.53. The summed E-state index contributed by atoms with van der Waals surface area (Å²) < 4.78 is 7.08. The van der Waals surface area contributed by atoms with Crippen molar-refractivity contribution in [2.24, 2.45) is 5.73 Å². The van der Waals surface area contributed by atoms with Gasteiger partial charge in [0, 0.05) is 25.8 Å². The van der Waals surface area contributed by atoms with Gasteiger partial charge in [0.1, 0.15) is 0 Å². The largest absolute Gasteiger partial charge is 0.379 e. The molecule has 2 N–H and O–H groups in total. The molecule has 1 aromatic carbocycles. The van der Waals surface area contributed by atoms with Crippen LogP contribution in [0.2, 0.25) is 0 Å². The Morgan fingerprint density at radius 2 is 1.77 bits per heavy atom. The second-order valence-electron chi connectivity index (χ2n) is 5.50. The van der Waals surface area contributed by atoms with Crippen molar-refractivity contribution in [1.29, 1.82) is 0 Å². The minimum atomic E-state index is -0.452. The van der Waals surface area contributed by atoms with Gasteiger partial charge < -0.3 is 10.5 Å². The quantitative estimate of drug-likeness (QED) is 0.889. The summed E-state index contributed by atoms with van der Waals surface area (Å²) >= 11 is 0. The standard InChI is InChI=1S/C16H20N4O2/c17-16(21)15-9-18-20(12-15)11-14-3-1-13(2-4-14)10-19-5-7-22-8-6-19/h1-4,9,12H,5-8,10-11H2,(H2,17,21). The summed E-state index contributed by atoms with van der Waals surface area (Å²) in [5.41, 5.74) is 8.10. The molecular formula is C16H20N4O2. The Morgan fingerprint density at radius 1 is 1.14 bits per heavy atom. The molecule has 0 atom stereocenters. The number of hydrogen-bond donors (Lipinski definition) is 1. The summed E-state index contributed by atoms with van der Waals surface area (Å²) in [6.07, 6.45) is 3.17. The summed E-state index contributed by atoms with van der Waals surface area (Å²) in [6.45, 7) is 5.21. The van der Waals surface area contributed by atoms with Gasteiger partial charge in [-0.1, -0.05) is 24.3 Å². The predicted octanol–water partition coefficient (Wildman–Crippen LogP) is 0.862. The molecule has 2 aromatic rings. The van der Waals surface area contributed by atoms with Gasteiger partial charge in [0.2, 0.25) is 0 Å². The minimum Gasteiger partial charge on any atom is -0.379 e. The number of nitrogens with two attached hydrogens (primary N) is 1. The monoisotopic (exact) mass is 300 g/mol. The van der Waals surface area contributed by atoms with Crippen molar-refractivity contribution >= 4 is 5.91 Å². The van der Waals surface area contributed by atoms with Crippen molar-refractivity contribution in [3.8, 4) is 0 Å². The van der Waals surface area contributed by atoms with Crippen molar-refractivity contribution in [3.63, 3.8) is 0 Å². The number of carbonyl (C=O) groups is 1. The molecule has 22 heavy (non-hydrogen) atoms. The number of rotatable bonds is 5. The predicted molar refractivity (Wildman–Crippen MR) is 82.4 cm³/mol. The van der Waals surface area contributed by atoms with Crippen LogP contribution in [0.3, 0.4) is 0 Å². The van der Waals surface area contributed by atoms with Gasteiger partial charge in [0.25, 0.3) is 5.91 Å². The van der Waals surface area contributed by atoms with E-state index in [1.54, 1.807) is 10.9 Å². The van der Waals surface area contributed by atoms with Crippen LogP contribution in [-0.2, 0) is 17.8 Å². The first kappa shape index (κ1) is 14.7. The highest BCUT2D eigenvalue weighted by Gasteiger charge is 2.10. The number of nitrogens with zero attached hydrogens (tertiary/aromatic N) is 3. The van der Waals surface area contributed by atoms with Crippen molar-refractivity contribution in [1.82, 2.24) is 14.7 Å². The molecule has 0 aliphatic carbocycles. The Bertz CT molecular complexity index is 630. The highest BCUT2D eigenvalue weighted by molar-refractivity contribution is 5.92. The Balaban J connectivity index is 1.59. The van der Waals surface area contributed by atoms with E-state index in [0.29, 0.717) is 12.1 Å². The second-order valence-corrected chi connectivity index (χ2v) is 5.50. The van der Waals surface area contributed by atoms with Crippen LogP contribution in [0.1, 0.15) is 21.5 Å². The lowest BCUT2D eigenvalue weighted by atomic mass is 10.1. The molecule has 116 valence electrons. The lowest BCUT2D eigenvalue weighted by Crippen LogP contribution is -2.35. The molecule has 6 heteroatoms. The molecule has 1 aromatic heterocycles. The number of morpholine rings is 1. The van der Waals surface area contributed by atoms with Crippen LogP contribution in [0.25, 0.3) is 0 Å². The first-order valence-corrected chi connectivity index (χ1v) is 7.41. The van der Waals surface area contributed by atoms with Crippen LogP contribution in [0, 0.1) is 0 Å². The average Bonchev–Trinajstić information content (AvgIpc) is 2.99. The van der Waals surface area contributed by atoms with Crippen molar-refractivity contribution in [3.05, 3.63) is 53.3 Å². The number of carbonyl (C=O) groups excluding carboxylic acids is 1. The molecule has 1 amide bonds. The van der Waals surface area contributed by atoms with Gasteiger partial charge in [-0.05, 0) is 11.1 Å². The molecule has 0 unspecified atom stereocenters. The van der Waals surface area contributed by atoms with Gasteiger partial charge in [0.05, 0.1) is 31.5 Å². The molecule has 1 aliphatic heterocycles. The number of ether oxygens (including phenoxy) is 1. The summed E-state index contributed by atoms with van der Waals surface area (Å²) in [5, 5.41) is 4.14. The van der Waals surface area contributed by atoms with E-state index in [1.807, 2.05) is 0 Å². The van der Waals surface area contributed by atoms with Crippen LogP contribution in [0.4, 0.5) is 0 Å². The summed E-state index contributed by atoms with van der Waals surface area (Å²) in [6, 6.07) is 8.48. The molecule has 3 rings (SSSR count). The van der Waals surface area contributed by atoms with Gasteiger partial charge in [-0.25, -0.2) is 0 Å². The average molecular weight is 300 g/mol. The van der Waals surface area contributed by atoms with Gasteiger partial charge in [-0.15, -0.1) is 0 Å². The summed E-state index contributed by atoms with van der Waals surface area (Å²) in [7, 11) is 0. The Morgan fingerprint density at radius 3 is 2.36 bits per heavy atom. The molecular weight excluding hydrogens is 280 g/mol. The lowest BCUT2D eigenvalue weighted by Gasteiger charge is -2.26. The Hall–Kier alpha value is -2.18. The number of amides is 1. The molecule has 0 radical (unpaired) electrons. The van der Waals surface area contributed by atoms with Gasteiger partial charge in [0.15, 0.2) is 0 Å². The highest BCUT2D eigenvalue weighted by Crippen LogP contribution is 2.10. The maximum atomic E-state index is 11.1. The molecule has 2 heterocycles. The Kier molecular flexibility index (Phi) is 4.50. The first-order chi connectivity index (χ1) is 10.7. The van der Waals surface area contributed by atoms with E-state index in [0.717, 1.165) is 38.4 Å². The van der Waals surface area contributed by atoms with Crippen LogP contribution < -0.4 is 5.73 Å². The van der Waals surface area contributed by atoms with E-state index in [9.17, 15) is 4.79 Å². The number of hydrogen-bond acceptors (Lipinski definition) is 4. The molecule has 1 aliphatic rings. The second kappa shape index (κ2) is 6.72. The molecule has 1 saturated heterocycles. The summed E-state index contributed by atoms with van der Waals surface area (Å²) in [4.78, 5) is 13.4. The fraction of sp³-hybridized carbons (Fsp3) is 0.375. The number of aromatic nitrogens is 2. The van der Waals surface area contributed by atoms with Crippen LogP contribution in [-0.4, -0.2) is 46.9 Å². The molecule has 0 saturated carbocycles. The van der Waals surface area contributed by atoms with E-state index >= 15 is 0 Å². The molecule has 1 fully saturated rings. The normalized spacial score (nSPS) is 15.8. The third kappa shape index (κ3) is 3.72. The maximum absolute atomic E-state index is 11.1. The molecule has 6 nitrogen and oxygen atoms in total. The van der Waals surface area contributed by atoms with E-state index in [-0.39, 0.29) is 0 Å². The van der Waals surface area contributed by atoms with E-state index in [1.165, 1.54) is 11.8 Å². The van der Waals surface area contributed by atoms with Crippen LogP contribution in [0.15, 0.2) is 36.7 Å². The van der Waals surface area contributed by atoms with Crippen molar-refractivity contribution in [2.45, 2.75) is 13.1 Å². The van der Waals surface area contributed by atoms with Gasteiger partial charge in [-0.3, -0.25) is 14.4 Å². The van der Waals surface area contributed by atoms with Gasteiger partial charge >= 0.3 is 0 Å². The highest BCUT2D eigenvalue weighted by atomic mass is 16.5. The zero-order valence-corrected chi connectivity index (χ0v) is 12.4. The van der Waals surface area contributed by atoms with Crippen LogP contribution >= 0.6 is 0 Å². The Labute approximate surface area is 129 Å². The smallest absolute Gasteiger partial charge is 0.251 e. The summed E-state index contributed by atoms with van der Waals surface area (Å²) in [5.74, 6) is -0.452. The minimum absolute atomic E-state index is 0.434. The molecule has 0 spiro atoms. The van der Waals surface area contributed by atoms with Crippen molar-refractivity contribution < 1.29 is 9.53 Å². The first-order valence-electron chi connectivity index (χ1n) is 7.41. The van der Waals surface area contributed by atoms with E-state index < -0.39 is 5.91 Å². The lowest BCUT2D eigenvalue weighted by molar-refractivity contribution is 0.0342. The van der Waals surface area contributed by atoms with Crippen molar-refractivity contribution in [2.75, 3.05) is 26.3 Å². The number of benzene rings is 1. The van der Waals surface area contributed by atoms with E-state index in [2.05, 4.69) is 34.3 Å². The fourth-order valence-electron chi connectivity index (χ4n) is 2.53. The zero-order chi connectivity index (χ0) is 15.4. The number of primary amides is 1. The topological polar surface area (TPSA) is 73.4 Å². The van der Waals surface area contributed by atoms with E-state index in [4.69, 9.17) is 10.5 Å². The third-order valence-electron chi connectivity index (χ3n) is 3.80. The van der Waals surface area contributed by atoms with Crippen LogP contribution in [0.5, 0.6) is 0 Å².